The Morgan fingerprint density at radius 3 is 2.55 bits per heavy atom. The Hall–Kier alpha value is -3.17. The van der Waals surface area contributed by atoms with Crippen molar-refractivity contribution in [1.29, 1.82) is 0 Å². The first-order valence-electron chi connectivity index (χ1n) is 9.54. The number of amides is 3. The number of hydrazine groups is 1. The van der Waals surface area contributed by atoms with E-state index in [0.717, 1.165) is 28.0 Å². The lowest BCUT2D eigenvalue weighted by atomic mass is 10.1. The lowest BCUT2D eigenvalue weighted by molar-refractivity contribution is -0.135. The van der Waals surface area contributed by atoms with E-state index in [4.69, 9.17) is 17.0 Å². The van der Waals surface area contributed by atoms with E-state index in [9.17, 15) is 14.4 Å². The predicted molar refractivity (Wildman–Crippen MR) is 123 cm³/mol. The first kappa shape index (κ1) is 21.1. The summed E-state index contributed by atoms with van der Waals surface area (Å²) < 4.78 is 5.37. The zero-order valence-corrected chi connectivity index (χ0v) is 18.2. The summed E-state index contributed by atoms with van der Waals surface area (Å²) in [4.78, 5) is 39.9. The molecule has 2 aromatic rings. The summed E-state index contributed by atoms with van der Waals surface area (Å²) in [6.45, 7) is 0.255. The van der Waals surface area contributed by atoms with Gasteiger partial charge in [0.1, 0.15) is 5.75 Å². The van der Waals surface area contributed by atoms with Gasteiger partial charge in [0.05, 0.1) is 17.9 Å². The molecule has 0 bridgehead atoms. The van der Waals surface area contributed by atoms with Gasteiger partial charge in [-0.25, -0.2) is 0 Å². The van der Waals surface area contributed by atoms with Gasteiger partial charge >= 0.3 is 0 Å². The van der Waals surface area contributed by atoms with Gasteiger partial charge in [-0.3, -0.25) is 19.8 Å². The number of thiocarbonyl (C=S) groups is 1. The Labute approximate surface area is 189 Å². The van der Waals surface area contributed by atoms with Crippen molar-refractivity contribution in [1.82, 2.24) is 10.4 Å². The number of carbonyl (C=O) groups excluding carboxylic acids is 3. The molecule has 4 rings (SSSR count). The van der Waals surface area contributed by atoms with Crippen LogP contribution in [0.25, 0.3) is 6.08 Å². The standard InChI is InChI=1S/C22H19N3O4S2/c1-29-17-9-7-14(8-10-17)11-18-21(28)25(22(30)31-18)23-20(27)15-12-19(26)24(13-15)16-5-3-2-4-6-16/h2-11,15H,12-13H2,1H3,(H,23,27)/b18-11-/t15-/m0/s1. The molecular formula is C22H19N3O4S2. The highest BCUT2D eigenvalue weighted by Crippen LogP contribution is 2.32. The van der Waals surface area contributed by atoms with E-state index in [2.05, 4.69) is 5.43 Å². The van der Waals surface area contributed by atoms with E-state index in [-0.39, 0.29) is 23.2 Å². The molecule has 2 fully saturated rings. The number of hydrogen-bond acceptors (Lipinski definition) is 6. The fraction of sp³-hybridized carbons (Fsp3) is 0.182. The van der Waals surface area contributed by atoms with Crippen molar-refractivity contribution in [3.8, 4) is 5.75 Å². The van der Waals surface area contributed by atoms with E-state index >= 15 is 0 Å². The first-order chi connectivity index (χ1) is 15.0. The van der Waals surface area contributed by atoms with Gasteiger partial charge in [-0.2, -0.15) is 5.01 Å². The van der Waals surface area contributed by atoms with E-state index in [1.165, 1.54) is 0 Å². The molecule has 158 valence electrons. The number of carbonyl (C=O) groups is 3. The van der Waals surface area contributed by atoms with Gasteiger partial charge in [0.25, 0.3) is 5.91 Å². The van der Waals surface area contributed by atoms with Crippen molar-refractivity contribution < 1.29 is 19.1 Å². The number of methoxy groups -OCH3 is 1. The Morgan fingerprint density at radius 1 is 1.16 bits per heavy atom. The Kier molecular flexibility index (Phi) is 6.06. The van der Waals surface area contributed by atoms with Gasteiger partial charge in [0.2, 0.25) is 11.8 Å². The Balaban J connectivity index is 1.42. The van der Waals surface area contributed by atoms with Gasteiger partial charge in [-0.1, -0.05) is 42.1 Å². The lowest BCUT2D eigenvalue weighted by Crippen LogP contribution is -2.47. The molecule has 0 saturated carbocycles. The molecule has 1 N–H and O–H groups in total. The summed E-state index contributed by atoms with van der Waals surface area (Å²) in [5.74, 6) is -0.788. The number of hydrogen-bond donors (Lipinski definition) is 1. The number of nitrogens with zero attached hydrogens (tertiary/aromatic N) is 2. The molecule has 7 nitrogen and oxygen atoms in total. The number of ether oxygens (including phenoxy) is 1. The predicted octanol–water partition coefficient (Wildman–Crippen LogP) is 2.98. The Morgan fingerprint density at radius 2 is 1.87 bits per heavy atom. The molecule has 2 aliphatic heterocycles. The largest absolute Gasteiger partial charge is 0.497 e. The fourth-order valence-corrected chi connectivity index (χ4v) is 4.54. The second kappa shape index (κ2) is 8.91. The van der Waals surface area contributed by atoms with Gasteiger partial charge < -0.3 is 9.64 Å². The van der Waals surface area contributed by atoms with Crippen LogP contribution in [0, 0.1) is 5.92 Å². The van der Waals surface area contributed by atoms with E-state index < -0.39 is 17.7 Å². The van der Waals surface area contributed by atoms with Crippen LogP contribution in [0.2, 0.25) is 0 Å². The molecule has 0 spiro atoms. The first-order valence-corrected chi connectivity index (χ1v) is 10.8. The summed E-state index contributed by atoms with van der Waals surface area (Å²) in [6.07, 6.45) is 1.79. The highest BCUT2D eigenvalue weighted by atomic mass is 32.2. The van der Waals surface area contributed by atoms with E-state index in [0.29, 0.717) is 10.7 Å². The topological polar surface area (TPSA) is 79.0 Å². The molecule has 0 unspecified atom stereocenters. The van der Waals surface area contributed by atoms with Crippen molar-refractivity contribution >= 4 is 57.8 Å². The Bertz CT molecular complexity index is 1070. The summed E-state index contributed by atoms with van der Waals surface area (Å²) in [5.41, 5.74) is 4.15. The number of rotatable bonds is 5. The number of thioether (sulfide) groups is 1. The number of nitrogens with one attached hydrogen (secondary N) is 1. The zero-order chi connectivity index (χ0) is 22.0. The summed E-state index contributed by atoms with van der Waals surface area (Å²) >= 11 is 6.40. The van der Waals surface area contributed by atoms with Gasteiger partial charge in [0, 0.05) is 18.7 Å². The minimum absolute atomic E-state index is 0.0806. The van der Waals surface area contributed by atoms with Crippen LogP contribution in [0.15, 0.2) is 59.5 Å². The molecule has 2 aromatic carbocycles. The zero-order valence-electron chi connectivity index (χ0n) is 16.6. The van der Waals surface area contributed by atoms with Crippen LogP contribution in [0.3, 0.4) is 0 Å². The molecule has 0 aromatic heterocycles. The maximum atomic E-state index is 12.8. The third kappa shape index (κ3) is 4.47. The molecule has 2 aliphatic rings. The minimum Gasteiger partial charge on any atom is -0.497 e. The van der Waals surface area contributed by atoms with Crippen molar-refractivity contribution in [2.24, 2.45) is 5.92 Å². The van der Waals surface area contributed by atoms with Crippen LogP contribution >= 0.6 is 24.0 Å². The monoisotopic (exact) mass is 453 g/mol. The quantitative estimate of drug-likeness (QED) is 0.554. The molecule has 0 radical (unpaired) electrons. The van der Waals surface area contributed by atoms with Crippen molar-refractivity contribution in [3.63, 3.8) is 0 Å². The van der Waals surface area contributed by atoms with Crippen LogP contribution in [0.1, 0.15) is 12.0 Å². The van der Waals surface area contributed by atoms with Crippen molar-refractivity contribution in [2.75, 3.05) is 18.6 Å². The highest BCUT2D eigenvalue weighted by Gasteiger charge is 2.39. The van der Waals surface area contributed by atoms with Gasteiger partial charge in [-0.05, 0) is 48.1 Å². The average Bonchev–Trinajstić information content (AvgIpc) is 3.30. The normalized spacial score (nSPS) is 20.0. The minimum atomic E-state index is -0.567. The molecule has 3 amide bonds. The molecule has 2 saturated heterocycles. The van der Waals surface area contributed by atoms with Crippen LogP contribution < -0.4 is 15.1 Å². The summed E-state index contributed by atoms with van der Waals surface area (Å²) in [6, 6.07) is 16.4. The lowest BCUT2D eigenvalue weighted by Gasteiger charge is -2.19. The van der Waals surface area contributed by atoms with Crippen LogP contribution in [0.4, 0.5) is 5.69 Å². The van der Waals surface area contributed by atoms with E-state index in [1.54, 1.807) is 30.2 Å². The molecule has 31 heavy (non-hydrogen) atoms. The summed E-state index contributed by atoms with van der Waals surface area (Å²) in [7, 11) is 1.58. The molecule has 0 aliphatic carbocycles. The fourth-order valence-electron chi connectivity index (χ4n) is 3.36. The van der Waals surface area contributed by atoms with Gasteiger partial charge in [0.15, 0.2) is 4.32 Å². The molecular weight excluding hydrogens is 434 g/mol. The second-order valence-corrected chi connectivity index (χ2v) is 8.68. The molecule has 2 heterocycles. The SMILES string of the molecule is COc1ccc(/C=C2\SC(=S)N(NC(=O)[C@H]3CC(=O)N(c4ccccc4)C3)C2=O)cc1. The number of benzene rings is 2. The maximum absolute atomic E-state index is 12.8. The third-order valence-corrected chi connectivity index (χ3v) is 6.30. The summed E-state index contributed by atoms with van der Waals surface area (Å²) in [5, 5.41) is 1.08. The number of anilines is 1. The smallest absolute Gasteiger partial charge is 0.285 e. The van der Waals surface area contributed by atoms with Crippen LogP contribution in [-0.2, 0) is 14.4 Å². The van der Waals surface area contributed by atoms with Gasteiger partial charge in [-0.15, -0.1) is 0 Å². The average molecular weight is 454 g/mol. The highest BCUT2D eigenvalue weighted by molar-refractivity contribution is 8.26. The second-order valence-electron chi connectivity index (χ2n) is 7.01. The van der Waals surface area contributed by atoms with Crippen LogP contribution in [-0.4, -0.2) is 40.7 Å². The van der Waals surface area contributed by atoms with Crippen molar-refractivity contribution in [2.45, 2.75) is 6.42 Å². The maximum Gasteiger partial charge on any atom is 0.285 e. The number of para-hydroxylation sites is 1. The van der Waals surface area contributed by atoms with E-state index in [1.807, 2.05) is 42.5 Å². The third-order valence-electron chi connectivity index (χ3n) is 4.99. The van der Waals surface area contributed by atoms with Crippen molar-refractivity contribution in [3.05, 3.63) is 65.1 Å². The van der Waals surface area contributed by atoms with Crippen LogP contribution in [0.5, 0.6) is 5.75 Å². The molecule has 1 atom stereocenters. The molecule has 9 heteroatoms.